The Kier molecular flexibility index (Phi) is 1.53. The molecule has 0 aromatic rings. The molecule has 12 heavy (non-hydrogen) atoms. The first-order chi connectivity index (χ1) is 5.63. The molecule has 2 fully saturated rings. The van der Waals surface area contributed by atoms with Crippen LogP contribution in [0.2, 0.25) is 0 Å². The quantitative estimate of drug-likeness (QED) is 0.406. The topological polar surface area (TPSA) is 26.3 Å². The van der Waals surface area contributed by atoms with Crippen LogP contribution in [-0.2, 0) is 9.53 Å². The molecule has 1 aliphatic heterocycles. The van der Waals surface area contributed by atoms with Gasteiger partial charge in [0.15, 0.2) is 0 Å². The van der Waals surface area contributed by atoms with E-state index in [-0.39, 0.29) is 11.4 Å². The molecule has 0 amide bonds. The highest BCUT2D eigenvalue weighted by Crippen LogP contribution is 2.50. The van der Waals surface area contributed by atoms with E-state index in [1.165, 1.54) is 5.57 Å². The lowest BCUT2D eigenvalue weighted by atomic mass is 9.75. The number of hydrogen-bond acceptors (Lipinski definition) is 2. The van der Waals surface area contributed by atoms with Gasteiger partial charge in [-0.1, -0.05) is 19.1 Å². The number of hydrogen-bond donors (Lipinski definition) is 0. The number of carbonyl (C=O) groups is 1. The molecule has 0 spiro atoms. The Labute approximate surface area is 72.6 Å². The lowest BCUT2D eigenvalue weighted by molar-refractivity contribution is -0.155. The monoisotopic (exact) mass is 166 g/mol. The summed E-state index contributed by atoms with van der Waals surface area (Å²) in [6, 6.07) is 0. The number of carbonyl (C=O) groups excluding carboxylic acids is 1. The third-order valence-electron chi connectivity index (χ3n) is 3.45. The second-order valence-electron chi connectivity index (χ2n) is 4.12. The van der Waals surface area contributed by atoms with E-state index >= 15 is 0 Å². The van der Waals surface area contributed by atoms with E-state index in [9.17, 15) is 4.79 Å². The molecule has 2 rings (SSSR count). The number of esters is 1. The van der Waals surface area contributed by atoms with Crippen LogP contribution >= 0.6 is 0 Å². The predicted octanol–water partition coefficient (Wildman–Crippen LogP) is 1.91. The third kappa shape index (κ3) is 0.904. The molecule has 2 nitrogen and oxygen atoms in total. The standard InChI is InChI=1S/C10H14O2/c1-7-3-4-8-5-9(11)12-6-10(7,8)2/h8H,1,3-6H2,2H3. The van der Waals surface area contributed by atoms with Gasteiger partial charge in [-0.25, -0.2) is 0 Å². The molecule has 66 valence electrons. The van der Waals surface area contributed by atoms with Gasteiger partial charge in [0.1, 0.15) is 6.61 Å². The maximum Gasteiger partial charge on any atom is 0.306 e. The number of cyclic esters (lactones) is 1. The van der Waals surface area contributed by atoms with Crippen molar-refractivity contribution in [2.75, 3.05) is 6.61 Å². The Balaban J connectivity index is 2.24. The molecular weight excluding hydrogens is 152 g/mol. The van der Waals surface area contributed by atoms with Gasteiger partial charge in [0.25, 0.3) is 0 Å². The fraction of sp³-hybridized carbons (Fsp3) is 0.700. The van der Waals surface area contributed by atoms with Gasteiger partial charge in [0, 0.05) is 11.8 Å². The smallest absolute Gasteiger partial charge is 0.306 e. The van der Waals surface area contributed by atoms with Gasteiger partial charge in [-0.3, -0.25) is 4.79 Å². The zero-order chi connectivity index (χ0) is 8.77. The molecule has 2 unspecified atom stereocenters. The highest BCUT2D eigenvalue weighted by molar-refractivity contribution is 5.71. The van der Waals surface area contributed by atoms with Gasteiger partial charge in [-0.2, -0.15) is 0 Å². The van der Waals surface area contributed by atoms with E-state index in [0.29, 0.717) is 18.9 Å². The molecule has 1 aliphatic carbocycles. The number of fused-ring (bicyclic) bond motifs is 1. The minimum atomic E-state index is -0.0350. The van der Waals surface area contributed by atoms with Crippen LogP contribution in [0.5, 0.6) is 0 Å². The molecule has 0 N–H and O–H groups in total. The lowest BCUT2D eigenvalue weighted by Gasteiger charge is -2.35. The van der Waals surface area contributed by atoms with Crippen molar-refractivity contribution in [2.24, 2.45) is 11.3 Å². The highest BCUT2D eigenvalue weighted by atomic mass is 16.5. The molecule has 1 heterocycles. The first kappa shape index (κ1) is 7.84. The van der Waals surface area contributed by atoms with Gasteiger partial charge in [0.05, 0.1) is 0 Å². The second kappa shape index (κ2) is 2.35. The van der Waals surface area contributed by atoms with Crippen LogP contribution in [0.4, 0.5) is 0 Å². The van der Waals surface area contributed by atoms with Crippen molar-refractivity contribution in [1.82, 2.24) is 0 Å². The zero-order valence-corrected chi connectivity index (χ0v) is 7.43. The van der Waals surface area contributed by atoms with E-state index in [4.69, 9.17) is 4.74 Å². The summed E-state index contributed by atoms with van der Waals surface area (Å²) >= 11 is 0. The van der Waals surface area contributed by atoms with Crippen molar-refractivity contribution >= 4 is 5.97 Å². The van der Waals surface area contributed by atoms with E-state index in [1.54, 1.807) is 0 Å². The van der Waals surface area contributed by atoms with Crippen LogP contribution in [0.1, 0.15) is 26.2 Å². The van der Waals surface area contributed by atoms with Crippen molar-refractivity contribution in [3.8, 4) is 0 Å². The lowest BCUT2D eigenvalue weighted by Crippen LogP contribution is -2.36. The number of rotatable bonds is 0. The first-order valence-corrected chi connectivity index (χ1v) is 4.47. The first-order valence-electron chi connectivity index (χ1n) is 4.47. The molecule has 1 saturated carbocycles. The van der Waals surface area contributed by atoms with Crippen LogP contribution < -0.4 is 0 Å². The second-order valence-corrected chi connectivity index (χ2v) is 4.12. The normalized spacial score (nSPS) is 40.9. The van der Waals surface area contributed by atoms with Crippen molar-refractivity contribution in [2.45, 2.75) is 26.2 Å². The van der Waals surface area contributed by atoms with E-state index in [1.807, 2.05) is 0 Å². The fourth-order valence-electron chi connectivity index (χ4n) is 2.28. The van der Waals surface area contributed by atoms with Crippen LogP contribution in [0, 0.1) is 11.3 Å². The Bertz CT molecular complexity index is 244. The van der Waals surface area contributed by atoms with Crippen molar-refractivity contribution < 1.29 is 9.53 Å². The SMILES string of the molecule is C=C1CCC2CC(=O)OCC12C. The summed E-state index contributed by atoms with van der Waals surface area (Å²) in [5, 5.41) is 0. The number of ether oxygens (including phenoxy) is 1. The maximum atomic E-state index is 11.0. The van der Waals surface area contributed by atoms with Gasteiger partial charge in [-0.05, 0) is 18.8 Å². The van der Waals surface area contributed by atoms with E-state index in [2.05, 4.69) is 13.5 Å². The molecule has 0 aromatic heterocycles. The molecule has 1 saturated heterocycles. The Hall–Kier alpha value is -0.790. The van der Waals surface area contributed by atoms with Crippen molar-refractivity contribution in [3.63, 3.8) is 0 Å². The van der Waals surface area contributed by atoms with Crippen LogP contribution in [0.15, 0.2) is 12.2 Å². The van der Waals surface area contributed by atoms with Gasteiger partial charge in [-0.15, -0.1) is 0 Å². The summed E-state index contributed by atoms with van der Waals surface area (Å²) in [6.45, 7) is 6.76. The largest absolute Gasteiger partial charge is 0.465 e. The molecular formula is C10H14O2. The molecule has 2 aliphatic rings. The predicted molar refractivity (Wildman–Crippen MR) is 45.5 cm³/mol. The maximum absolute atomic E-state index is 11.0. The fourth-order valence-corrected chi connectivity index (χ4v) is 2.28. The summed E-state index contributed by atoms with van der Waals surface area (Å²) < 4.78 is 5.07. The van der Waals surface area contributed by atoms with Gasteiger partial charge >= 0.3 is 5.97 Å². The summed E-state index contributed by atoms with van der Waals surface area (Å²) in [5.74, 6) is 0.457. The van der Waals surface area contributed by atoms with Crippen LogP contribution in [0.3, 0.4) is 0 Å². The van der Waals surface area contributed by atoms with E-state index in [0.717, 1.165) is 12.8 Å². The molecule has 0 bridgehead atoms. The Morgan fingerprint density at radius 2 is 2.42 bits per heavy atom. The zero-order valence-electron chi connectivity index (χ0n) is 7.43. The summed E-state index contributed by atoms with van der Waals surface area (Å²) in [5.41, 5.74) is 1.36. The Morgan fingerprint density at radius 1 is 1.67 bits per heavy atom. The van der Waals surface area contributed by atoms with Crippen LogP contribution in [-0.4, -0.2) is 12.6 Å². The average molecular weight is 166 g/mol. The summed E-state index contributed by atoms with van der Waals surface area (Å²) in [7, 11) is 0. The van der Waals surface area contributed by atoms with Gasteiger partial charge in [0.2, 0.25) is 0 Å². The van der Waals surface area contributed by atoms with Crippen molar-refractivity contribution in [3.05, 3.63) is 12.2 Å². The molecule has 2 atom stereocenters. The average Bonchev–Trinajstić information content (AvgIpc) is 2.31. The Morgan fingerprint density at radius 3 is 3.17 bits per heavy atom. The molecule has 2 heteroatoms. The molecule has 0 radical (unpaired) electrons. The minimum Gasteiger partial charge on any atom is -0.465 e. The third-order valence-corrected chi connectivity index (χ3v) is 3.45. The van der Waals surface area contributed by atoms with E-state index < -0.39 is 0 Å². The molecule has 0 aromatic carbocycles. The summed E-state index contributed by atoms with van der Waals surface area (Å²) in [6.07, 6.45) is 2.78. The van der Waals surface area contributed by atoms with Gasteiger partial charge < -0.3 is 4.74 Å². The highest BCUT2D eigenvalue weighted by Gasteiger charge is 2.46. The van der Waals surface area contributed by atoms with Crippen LogP contribution in [0.25, 0.3) is 0 Å². The summed E-state index contributed by atoms with van der Waals surface area (Å²) in [4.78, 5) is 11.0. The minimum absolute atomic E-state index is 0.0350. The van der Waals surface area contributed by atoms with Crippen molar-refractivity contribution in [1.29, 1.82) is 0 Å².